The predicted octanol–water partition coefficient (Wildman–Crippen LogP) is 1.80. The summed E-state index contributed by atoms with van der Waals surface area (Å²) >= 11 is 0. The lowest BCUT2D eigenvalue weighted by Crippen LogP contribution is -2.55. The fourth-order valence-corrected chi connectivity index (χ4v) is 3.33. The molecule has 7 heteroatoms. The second-order valence-corrected chi connectivity index (χ2v) is 6.40. The first-order valence-corrected chi connectivity index (χ1v) is 7.77. The van der Waals surface area contributed by atoms with Crippen LogP contribution in [0, 0.1) is 12.8 Å². The van der Waals surface area contributed by atoms with Crippen molar-refractivity contribution in [2.24, 2.45) is 5.92 Å². The van der Waals surface area contributed by atoms with Crippen molar-refractivity contribution >= 4 is 17.5 Å². The first-order valence-electron chi connectivity index (χ1n) is 7.77. The molecule has 23 heavy (non-hydrogen) atoms. The van der Waals surface area contributed by atoms with Gasteiger partial charge < -0.3 is 10.4 Å². The minimum Gasteiger partial charge on any atom is -0.481 e. The van der Waals surface area contributed by atoms with Crippen LogP contribution in [-0.2, 0) is 4.79 Å². The van der Waals surface area contributed by atoms with Gasteiger partial charge in [0.2, 0.25) is 0 Å². The smallest absolute Gasteiger partial charge is 0.308 e. The van der Waals surface area contributed by atoms with E-state index >= 15 is 0 Å². The normalized spacial score (nSPS) is 24.5. The maximum absolute atomic E-state index is 12.7. The maximum Gasteiger partial charge on any atom is 0.308 e. The number of carboxylic acid groups (broad SMARTS) is 1. The highest BCUT2D eigenvalue weighted by Crippen LogP contribution is 2.34. The average molecular weight is 316 g/mol. The standard InChI is InChI=1S/C16H20N4O3/c1-10-6-8-20-13(18-10)11(9-17-20)14(21)19-16(2)7-4-3-5-12(16)15(22)23/h6,8-9,12H,3-5,7H2,1-2H3,(H,19,21)(H,22,23). The molecule has 0 aromatic carbocycles. The summed E-state index contributed by atoms with van der Waals surface area (Å²) in [5.74, 6) is -1.76. The Kier molecular flexibility index (Phi) is 3.79. The quantitative estimate of drug-likeness (QED) is 0.900. The summed E-state index contributed by atoms with van der Waals surface area (Å²) in [5, 5.41) is 16.5. The third kappa shape index (κ3) is 2.78. The van der Waals surface area contributed by atoms with Gasteiger partial charge in [-0.15, -0.1) is 0 Å². The molecule has 2 N–H and O–H groups in total. The zero-order valence-electron chi connectivity index (χ0n) is 13.2. The summed E-state index contributed by atoms with van der Waals surface area (Å²) in [6, 6.07) is 1.81. The molecular formula is C16H20N4O3. The molecule has 2 aromatic heterocycles. The van der Waals surface area contributed by atoms with Gasteiger partial charge in [-0.2, -0.15) is 5.10 Å². The molecule has 1 saturated carbocycles. The van der Waals surface area contributed by atoms with E-state index in [9.17, 15) is 14.7 Å². The Bertz CT molecular complexity index is 770. The van der Waals surface area contributed by atoms with Crippen molar-refractivity contribution in [2.75, 3.05) is 0 Å². The number of carbonyl (C=O) groups is 2. The highest BCUT2D eigenvalue weighted by atomic mass is 16.4. The van der Waals surface area contributed by atoms with E-state index in [4.69, 9.17) is 0 Å². The van der Waals surface area contributed by atoms with Crippen LogP contribution in [0.25, 0.3) is 5.65 Å². The molecule has 0 aliphatic heterocycles. The van der Waals surface area contributed by atoms with E-state index in [1.54, 1.807) is 10.7 Å². The number of hydrogen-bond donors (Lipinski definition) is 2. The van der Waals surface area contributed by atoms with Crippen molar-refractivity contribution in [3.05, 3.63) is 29.7 Å². The van der Waals surface area contributed by atoms with Crippen LogP contribution >= 0.6 is 0 Å². The van der Waals surface area contributed by atoms with E-state index in [1.165, 1.54) is 6.20 Å². The van der Waals surface area contributed by atoms with E-state index in [0.29, 0.717) is 24.1 Å². The van der Waals surface area contributed by atoms with Crippen molar-refractivity contribution in [1.29, 1.82) is 0 Å². The van der Waals surface area contributed by atoms with Gasteiger partial charge in [-0.05, 0) is 32.8 Å². The van der Waals surface area contributed by atoms with Gasteiger partial charge in [-0.25, -0.2) is 9.50 Å². The number of aliphatic carboxylic acids is 1. The SMILES string of the molecule is Cc1ccn2ncc(C(=O)NC3(C)CCCCC3C(=O)O)c2n1. The minimum absolute atomic E-state index is 0.325. The van der Waals surface area contributed by atoms with Gasteiger partial charge in [-0.1, -0.05) is 12.8 Å². The monoisotopic (exact) mass is 316 g/mol. The third-order valence-electron chi connectivity index (χ3n) is 4.66. The number of nitrogens with one attached hydrogen (secondary N) is 1. The second kappa shape index (κ2) is 5.64. The lowest BCUT2D eigenvalue weighted by atomic mass is 9.74. The Hall–Kier alpha value is -2.44. The number of amides is 1. The molecule has 0 saturated heterocycles. The lowest BCUT2D eigenvalue weighted by Gasteiger charge is -2.39. The molecule has 0 radical (unpaired) electrons. The van der Waals surface area contributed by atoms with Gasteiger partial charge >= 0.3 is 5.97 Å². The molecule has 2 aromatic rings. The Balaban J connectivity index is 1.90. The van der Waals surface area contributed by atoms with Crippen molar-refractivity contribution < 1.29 is 14.7 Å². The van der Waals surface area contributed by atoms with Crippen LogP contribution in [-0.4, -0.2) is 37.1 Å². The number of rotatable bonds is 3. The Labute approximate surface area is 133 Å². The molecular weight excluding hydrogens is 296 g/mol. The Morgan fingerprint density at radius 2 is 2.22 bits per heavy atom. The topological polar surface area (TPSA) is 96.6 Å². The molecule has 0 bridgehead atoms. The van der Waals surface area contributed by atoms with Crippen LogP contribution in [0.5, 0.6) is 0 Å². The van der Waals surface area contributed by atoms with Crippen LogP contribution in [0.4, 0.5) is 0 Å². The van der Waals surface area contributed by atoms with Gasteiger partial charge in [0.05, 0.1) is 17.7 Å². The lowest BCUT2D eigenvalue weighted by molar-refractivity contribution is -0.145. The largest absolute Gasteiger partial charge is 0.481 e. The fourth-order valence-electron chi connectivity index (χ4n) is 3.33. The summed E-state index contributed by atoms with van der Waals surface area (Å²) in [4.78, 5) is 28.5. The molecule has 1 aliphatic carbocycles. The summed E-state index contributed by atoms with van der Waals surface area (Å²) < 4.78 is 1.54. The molecule has 0 spiro atoms. The van der Waals surface area contributed by atoms with Crippen LogP contribution in [0.1, 0.15) is 48.7 Å². The Morgan fingerprint density at radius 1 is 1.43 bits per heavy atom. The number of fused-ring (bicyclic) bond motifs is 1. The minimum atomic E-state index is -0.860. The average Bonchev–Trinajstić information content (AvgIpc) is 2.89. The molecule has 3 rings (SSSR count). The van der Waals surface area contributed by atoms with Gasteiger partial charge in [0.25, 0.3) is 5.91 Å². The van der Waals surface area contributed by atoms with Crippen molar-refractivity contribution in [3.63, 3.8) is 0 Å². The predicted molar refractivity (Wildman–Crippen MR) is 83.2 cm³/mol. The number of hydrogen-bond acceptors (Lipinski definition) is 4. The summed E-state index contributed by atoms with van der Waals surface area (Å²) in [6.45, 7) is 3.66. The second-order valence-electron chi connectivity index (χ2n) is 6.40. The molecule has 2 heterocycles. The van der Waals surface area contributed by atoms with E-state index in [-0.39, 0.29) is 5.91 Å². The van der Waals surface area contributed by atoms with E-state index in [0.717, 1.165) is 18.5 Å². The van der Waals surface area contributed by atoms with Gasteiger partial charge in [0, 0.05) is 11.9 Å². The molecule has 1 amide bonds. The number of aromatic nitrogens is 3. The van der Waals surface area contributed by atoms with Crippen LogP contribution in [0.2, 0.25) is 0 Å². The van der Waals surface area contributed by atoms with Gasteiger partial charge in [0.15, 0.2) is 5.65 Å². The maximum atomic E-state index is 12.7. The van der Waals surface area contributed by atoms with Crippen molar-refractivity contribution in [3.8, 4) is 0 Å². The number of nitrogens with zero attached hydrogens (tertiary/aromatic N) is 3. The first kappa shape index (κ1) is 15.5. The fraction of sp³-hybridized carbons (Fsp3) is 0.500. The van der Waals surface area contributed by atoms with Crippen LogP contribution in [0.15, 0.2) is 18.5 Å². The summed E-state index contributed by atoms with van der Waals surface area (Å²) in [5.41, 5.74) is 0.886. The molecule has 1 aliphatic rings. The van der Waals surface area contributed by atoms with Gasteiger partial charge in [-0.3, -0.25) is 9.59 Å². The zero-order valence-corrected chi connectivity index (χ0v) is 13.2. The first-order chi connectivity index (χ1) is 10.9. The number of carboxylic acids is 1. The molecule has 122 valence electrons. The van der Waals surface area contributed by atoms with E-state index < -0.39 is 17.4 Å². The highest BCUT2D eigenvalue weighted by molar-refractivity contribution is 6.00. The van der Waals surface area contributed by atoms with Crippen molar-refractivity contribution in [1.82, 2.24) is 19.9 Å². The van der Waals surface area contributed by atoms with Crippen LogP contribution in [0.3, 0.4) is 0 Å². The number of carbonyl (C=O) groups excluding carboxylic acids is 1. The van der Waals surface area contributed by atoms with E-state index in [1.807, 2.05) is 19.9 Å². The summed E-state index contributed by atoms with van der Waals surface area (Å²) in [7, 11) is 0. The molecule has 7 nitrogen and oxygen atoms in total. The molecule has 1 fully saturated rings. The molecule has 2 unspecified atom stereocenters. The Morgan fingerprint density at radius 3 is 2.96 bits per heavy atom. The summed E-state index contributed by atoms with van der Waals surface area (Å²) in [6.07, 6.45) is 6.24. The van der Waals surface area contributed by atoms with E-state index in [2.05, 4.69) is 15.4 Å². The van der Waals surface area contributed by atoms with Crippen molar-refractivity contribution in [2.45, 2.75) is 45.1 Å². The highest BCUT2D eigenvalue weighted by Gasteiger charge is 2.42. The molecule has 2 atom stereocenters. The third-order valence-corrected chi connectivity index (χ3v) is 4.66. The number of aryl methyl sites for hydroxylation is 1. The van der Waals surface area contributed by atoms with Crippen LogP contribution < -0.4 is 5.32 Å². The zero-order chi connectivity index (χ0) is 16.6. The van der Waals surface area contributed by atoms with Gasteiger partial charge in [0.1, 0.15) is 5.56 Å².